The van der Waals surface area contributed by atoms with Crippen molar-refractivity contribution < 1.29 is 9.59 Å². The lowest BCUT2D eigenvalue weighted by atomic mass is 10.1. The molecular formula is C16H21N7O2. The number of aromatic nitrogens is 4. The lowest BCUT2D eigenvalue weighted by molar-refractivity contribution is 0.0941. The minimum Gasteiger partial charge on any atom is -0.351 e. The molecule has 0 spiro atoms. The molecule has 1 aliphatic rings. The fraction of sp³-hybridized carbons (Fsp3) is 0.438. The van der Waals surface area contributed by atoms with Crippen LogP contribution in [-0.4, -0.2) is 68.7 Å². The van der Waals surface area contributed by atoms with Gasteiger partial charge in [-0.3, -0.25) is 14.5 Å². The Balaban J connectivity index is 1.61. The zero-order valence-corrected chi connectivity index (χ0v) is 14.3. The van der Waals surface area contributed by atoms with Gasteiger partial charge in [0.2, 0.25) is 0 Å². The third-order valence-electron chi connectivity index (χ3n) is 4.09. The molecule has 3 heterocycles. The largest absolute Gasteiger partial charge is 0.351 e. The second kappa shape index (κ2) is 7.29. The second-order valence-corrected chi connectivity index (χ2v) is 6.11. The van der Waals surface area contributed by atoms with E-state index in [0.29, 0.717) is 26.1 Å². The fourth-order valence-corrected chi connectivity index (χ4v) is 2.89. The Labute approximate surface area is 145 Å². The zero-order valence-electron chi connectivity index (χ0n) is 14.3. The normalized spacial score (nSPS) is 16.2. The van der Waals surface area contributed by atoms with Gasteiger partial charge in [-0.05, 0) is 12.5 Å². The van der Waals surface area contributed by atoms with Crippen molar-refractivity contribution in [2.75, 3.05) is 27.2 Å². The molecule has 1 aliphatic heterocycles. The van der Waals surface area contributed by atoms with Crippen molar-refractivity contribution >= 4 is 11.9 Å². The van der Waals surface area contributed by atoms with Gasteiger partial charge in [0.1, 0.15) is 5.69 Å². The van der Waals surface area contributed by atoms with Gasteiger partial charge in [-0.15, -0.1) is 0 Å². The van der Waals surface area contributed by atoms with Crippen molar-refractivity contribution in [2.24, 2.45) is 0 Å². The van der Waals surface area contributed by atoms with Gasteiger partial charge >= 0.3 is 6.03 Å². The summed E-state index contributed by atoms with van der Waals surface area (Å²) in [5.74, 6) is -0.258. The number of carbonyl (C=O) groups excluding carboxylic acids is 2. The molecule has 1 atom stereocenters. The number of nitrogens with one attached hydrogen (secondary N) is 1. The van der Waals surface area contributed by atoms with E-state index in [0.717, 1.165) is 5.69 Å². The van der Waals surface area contributed by atoms with Crippen LogP contribution in [0, 0.1) is 0 Å². The van der Waals surface area contributed by atoms with Gasteiger partial charge in [-0.25, -0.2) is 9.78 Å². The highest BCUT2D eigenvalue weighted by molar-refractivity contribution is 5.91. The molecular weight excluding hydrogens is 322 g/mol. The number of hydrogen-bond acceptors (Lipinski definition) is 5. The van der Waals surface area contributed by atoms with Gasteiger partial charge in [0, 0.05) is 45.8 Å². The highest BCUT2D eigenvalue weighted by atomic mass is 16.2. The zero-order chi connectivity index (χ0) is 17.8. The number of carbonyl (C=O) groups is 2. The lowest BCUT2D eigenvalue weighted by Crippen LogP contribution is -2.46. The minimum absolute atomic E-state index is 0.0183. The number of rotatable bonds is 4. The molecule has 1 N–H and O–H groups in total. The Kier molecular flexibility index (Phi) is 4.92. The van der Waals surface area contributed by atoms with E-state index in [-0.39, 0.29) is 23.7 Å². The van der Waals surface area contributed by atoms with Gasteiger partial charge < -0.3 is 15.1 Å². The maximum Gasteiger partial charge on any atom is 0.319 e. The Hall–Kier alpha value is -2.97. The van der Waals surface area contributed by atoms with Gasteiger partial charge in [-0.2, -0.15) is 5.10 Å². The maximum absolute atomic E-state index is 12.3. The van der Waals surface area contributed by atoms with Gasteiger partial charge in [0.25, 0.3) is 5.91 Å². The first kappa shape index (κ1) is 16.9. The standard InChI is InChI=1S/C16H21N7O2/c1-21(2)16(25)22-10-12(23-13(11-22)4-6-20-23)3-5-19-15(24)14-9-17-7-8-18-14/h4,6-9,12H,3,5,10-11H2,1-2H3,(H,19,24)/t12-/m0/s1. The molecule has 0 saturated heterocycles. The van der Waals surface area contributed by atoms with Crippen LogP contribution in [0.25, 0.3) is 0 Å². The summed E-state index contributed by atoms with van der Waals surface area (Å²) >= 11 is 0. The third-order valence-corrected chi connectivity index (χ3v) is 4.09. The van der Waals surface area contributed by atoms with E-state index in [4.69, 9.17) is 0 Å². The van der Waals surface area contributed by atoms with E-state index in [1.54, 1.807) is 30.1 Å². The summed E-state index contributed by atoms with van der Waals surface area (Å²) in [6, 6.07) is 1.91. The first-order valence-electron chi connectivity index (χ1n) is 8.09. The number of amides is 3. The summed E-state index contributed by atoms with van der Waals surface area (Å²) in [5.41, 5.74) is 1.28. The van der Waals surface area contributed by atoms with Crippen molar-refractivity contribution in [1.82, 2.24) is 34.9 Å². The first-order chi connectivity index (χ1) is 12.1. The van der Waals surface area contributed by atoms with E-state index in [2.05, 4.69) is 20.4 Å². The molecule has 0 aromatic carbocycles. The Morgan fingerprint density at radius 2 is 2.16 bits per heavy atom. The molecule has 9 nitrogen and oxygen atoms in total. The molecule has 0 radical (unpaired) electrons. The van der Waals surface area contributed by atoms with E-state index in [9.17, 15) is 9.59 Å². The molecule has 0 fully saturated rings. The van der Waals surface area contributed by atoms with E-state index in [1.165, 1.54) is 18.6 Å². The highest BCUT2D eigenvalue weighted by Gasteiger charge is 2.29. The molecule has 25 heavy (non-hydrogen) atoms. The van der Waals surface area contributed by atoms with Crippen LogP contribution < -0.4 is 5.32 Å². The van der Waals surface area contributed by atoms with Crippen molar-refractivity contribution in [2.45, 2.75) is 19.0 Å². The van der Waals surface area contributed by atoms with Crippen molar-refractivity contribution in [1.29, 1.82) is 0 Å². The van der Waals surface area contributed by atoms with Crippen LogP contribution in [0.5, 0.6) is 0 Å². The molecule has 9 heteroatoms. The summed E-state index contributed by atoms with van der Waals surface area (Å²) < 4.78 is 1.94. The molecule has 0 aliphatic carbocycles. The molecule has 3 amide bonds. The average molecular weight is 343 g/mol. The summed E-state index contributed by atoms with van der Waals surface area (Å²) in [5, 5.41) is 7.20. The Morgan fingerprint density at radius 1 is 1.32 bits per heavy atom. The first-order valence-corrected chi connectivity index (χ1v) is 8.09. The number of fused-ring (bicyclic) bond motifs is 1. The topological polar surface area (TPSA) is 96.2 Å². The molecule has 0 bridgehead atoms. The van der Waals surface area contributed by atoms with Crippen molar-refractivity contribution in [3.05, 3.63) is 42.2 Å². The van der Waals surface area contributed by atoms with E-state index >= 15 is 0 Å². The predicted molar refractivity (Wildman–Crippen MR) is 89.7 cm³/mol. The number of urea groups is 1. The molecule has 2 aromatic rings. The summed E-state index contributed by atoms with van der Waals surface area (Å²) in [7, 11) is 3.48. The van der Waals surface area contributed by atoms with Gasteiger partial charge in [0.05, 0.1) is 24.5 Å². The van der Waals surface area contributed by atoms with E-state index in [1.807, 2.05) is 10.7 Å². The summed E-state index contributed by atoms with van der Waals surface area (Å²) in [6.45, 7) is 1.57. The molecule has 0 unspecified atom stereocenters. The average Bonchev–Trinajstić information content (AvgIpc) is 3.10. The number of nitrogens with zero attached hydrogens (tertiary/aromatic N) is 6. The molecule has 0 saturated carbocycles. The van der Waals surface area contributed by atoms with Crippen LogP contribution in [0.3, 0.4) is 0 Å². The van der Waals surface area contributed by atoms with Gasteiger partial charge in [0.15, 0.2) is 0 Å². The smallest absolute Gasteiger partial charge is 0.319 e. The van der Waals surface area contributed by atoms with Crippen LogP contribution >= 0.6 is 0 Å². The molecule has 2 aromatic heterocycles. The lowest BCUT2D eigenvalue weighted by Gasteiger charge is -2.35. The Morgan fingerprint density at radius 3 is 2.88 bits per heavy atom. The molecule has 3 rings (SSSR count). The monoisotopic (exact) mass is 343 g/mol. The summed E-state index contributed by atoms with van der Waals surface area (Å²) in [6.07, 6.45) is 6.84. The van der Waals surface area contributed by atoms with Crippen LogP contribution in [0.15, 0.2) is 30.9 Å². The predicted octanol–water partition coefficient (Wildman–Crippen LogP) is 0.531. The summed E-state index contributed by atoms with van der Waals surface area (Å²) in [4.78, 5) is 35.5. The van der Waals surface area contributed by atoms with Gasteiger partial charge in [-0.1, -0.05) is 0 Å². The van der Waals surface area contributed by atoms with Crippen LogP contribution in [-0.2, 0) is 6.54 Å². The minimum atomic E-state index is -0.258. The fourth-order valence-electron chi connectivity index (χ4n) is 2.89. The highest BCUT2D eigenvalue weighted by Crippen LogP contribution is 2.23. The molecule has 132 valence electrons. The van der Waals surface area contributed by atoms with Crippen molar-refractivity contribution in [3.63, 3.8) is 0 Å². The second-order valence-electron chi connectivity index (χ2n) is 6.11. The SMILES string of the molecule is CN(C)C(=O)N1Cc2ccnn2[C@@H](CCNC(=O)c2cnccn2)C1. The van der Waals surface area contributed by atoms with Crippen molar-refractivity contribution in [3.8, 4) is 0 Å². The maximum atomic E-state index is 12.3. The van der Waals surface area contributed by atoms with E-state index < -0.39 is 0 Å². The Bertz CT molecular complexity index is 744. The third kappa shape index (κ3) is 3.76. The quantitative estimate of drug-likeness (QED) is 0.874. The van der Waals surface area contributed by atoms with Crippen LogP contribution in [0.4, 0.5) is 4.79 Å². The number of hydrogen-bond donors (Lipinski definition) is 1. The van der Waals surface area contributed by atoms with Crippen LogP contribution in [0.2, 0.25) is 0 Å². The van der Waals surface area contributed by atoms with Crippen LogP contribution in [0.1, 0.15) is 28.6 Å².